The largest absolute Gasteiger partial charge is 0.378 e. The number of nitrogens with one attached hydrogen (secondary N) is 1. The van der Waals surface area contributed by atoms with Crippen molar-refractivity contribution in [1.82, 2.24) is 5.43 Å². The number of rotatable bonds is 4. The summed E-state index contributed by atoms with van der Waals surface area (Å²) in [4.78, 5) is 13.9. The molecule has 0 fully saturated rings. The van der Waals surface area contributed by atoms with Gasteiger partial charge in [0.25, 0.3) is 5.91 Å². The lowest BCUT2D eigenvalue weighted by Gasteiger charge is -2.11. The van der Waals surface area contributed by atoms with Gasteiger partial charge in [-0.3, -0.25) is 4.79 Å². The summed E-state index contributed by atoms with van der Waals surface area (Å²) in [5, 5.41) is 3.96. The maximum atomic E-state index is 11.8. The first kappa shape index (κ1) is 15.3. The van der Waals surface area contributed by atoms with Gasteiger partial charge >= 0.3 is 0 Å². The third-order valence-corrected chi connectivity index (χ3v) is 3.42. The van der Waals surface area contributed by atoms with Gasteiger partial charge in [0.2, 0.25) is 0 Å². The number of benzene rings is 2. The standard InChI is InChI=1S/C16H16BrN3O/c1-20(2)15-9-3-12(4-10-15)11-18-19-16(21)13-5-7-14(17)8-6-13/h3-11H,1-2H3,(H,19,21)/b18-11+. The Hall–Kier alpha value is -2.14. The second kappa shape index (κ2) is 7.04. The Balaban J connectivity index is 1.95. The smallest absolute Gasteiger partial charge is 0.271 e. The molecule has 2 aromatic rings. The van der Waals surface area contributed by atoms with Crippen LogP contribution in [0.5, 0.6) is 0 Å². The molecule has 4 nitrogen and oxygen atoms in total. The van der Waals surface area contributed by atoms with Crippen molar-refractivity contribution in [1.29, 1.82) is 0 Å². The number of carbonyl (C=O) groups excluding carboxylic acids is 1. The number of nitrogens with zero attached hydrogens (tertiary/aromatic N) is 2. The number of amides is 1. The summed E-state index contributed by atoms with van der Waals surface area (Å²) in [6, 6.07) is 15.0. The summed E-state index contributed by atoms with van der Waals surface area (Å²) in [6.07, 6.45) is 1.62. The SMILES string of the molecule is CN(C)c1ccc(/C=N/NC(=O)c2ccc(Br)cc2)cc1. The van der Waals surface area contributed by atoms with Crippen LogP contribution in [0.3, 0.4) is 0 Å². The molecule has 0 spiro atoms. The molecule has 108 valence electrons. The molecule has 0 aromatic heterocycles. The van der Waals surface area contributed by atoms with Crippen LogP contribution in [-0.2, 0) is 0 Å². The van der Waals surface area contributed by atoms with E-state index in [0.29, 0.717) is 5.56 Å². The van der Waals surface area contributed by atoms with E-state index in [4.69, 9.17) is 0 Å². The molecular weight excluding hydrogens is 330 g/mol. The minimum absolute atomic E-state index is 0.233. The van der Waals surface area contributed by atoms with Gasteiger partial charge in [0.05, 0.1) is 6.21 Å². The van der Waals surface area contributed by atoms with Crippen molar-refractivity contribution < 1.29 is 4.79 Å². The van der Waals surface area contributed by atoms with Crippen LogP contribution < -0.4 is 10.3 Å². The van der Waals surface area contributed by atoms with Gasteiger partial charge < -0.3 is 4.90 Å². The van der Waals surface area contributed by atoms with Gasteiger partial charge in [-0.25, -0.2) is 5.43 Å². The summed E-state index contributed by atoms with van der Waals surface area (Å²) < 4.78 is 0.934. The number of carbonyl (C=O) groups is 1. The highest BCUT2D eigenvalue weighted by Gasteiger charge is 2.02. The Kier molecular flexibility index (Phi) is 5.11. The van der Waals surface area contributed by atoms with Gasteiger partial charge in [-0.1, -0.05) is 28.1 Å². The summed E-state index contributed by atoms with van der Waals surface area (Å²) >= 11 is 3.33. The van der Waals surface area contributed by atoms with Gasteiger partial charge in [0.15, 0.2) is 0 Å². The number of halogens is 1. The topological polar surface area (TPSA) is 44.7 Å². The first-order chi connectivity index (χ1) is 10.1. The quantitative estimate of drug-likeness (QED) is 0.682. The Bertz CT molecular complexity index is 634. The average Bonchev–Trinajstić information content (AvgIpc) is 2.48. The highest BCUT2D eigenvalue weighted by atomic mass is 79.9. The van der Waals surface area contributed by atoms with Crippen LogP contribution in [0.15, 0.2) is 58.1 Å². The fourth-order valence-corrected chi connectivity index (χ4v) is 1.95. The molecule has 1 N–H and O–H groups in total. The van der Waals surface area contributed by atoms with Crippen LogP contribution in [0.2, 0.25) is 0 Å². The Morgan fingerprint density at radius 2 is 1.71 bits per heavy atom. The van der Waals surface area contributed by atoms with Crippen molar-refractivity contribution in [2.24, 2.45) is 5.10 Å². The second-order valence-electron chi connectivity index (χ2n) is 4.69. The Morgan fingerprint density at radius 3 is 2.29 bits per heavy atom. The van der Waals surface area contributed by atoms with E-state index >= 15 is 0 Å². The minimum Gasteiger partial charge on any atom is -0.378 e. The molecule has 1 amide bonds. The van der Waals surface area contributed by atoms with Crippen LogP contribution in [-0.4, -0.2) is 26.2 Å². The minimum atomic E-state index is -0.233. The van der Waals surface area contributed by atoms with Gasteiger partial charge in [-0.15, -0.1) is 0 Å². The molecule has 0 aliphatic heterocycles. The fraction of sp³-hybridized carbons (Fsp3) is 0.125. The first-order valence-electron chi connectivity index (χ1n) is 6.42. The zero-order valence-corrected chi connectivity index (χ0v) is 13.5. The number of hydrogen-bond acceptors (Lipinski definition) is 3. The molecule has 0 aliphatic rings. The number of hydrazone groups is 1. The monoisotopic (exact) mass is 345 g/mol. The fourth-order valence-electron chi connectivity index (χ4n) is 1.69. The molecule has 2 rings (SSSR count). The molecule has 0 saturated carbocycles. The summed E-state index contributed by atoms with van der Waals surface area (Å²) in [5.41, 5.74) is 5.12. The Labute approximate surface area is 132 Å². The summed E-state index contributed by atoms with van der Waals surface area (Å²) in [5.74, 6) is -0.233. The molecule has 0 atom stereocenters. The molecule has 0 aliphatic carbocycles. The van der Waals surface area contributed by atoms with E-state index in [2.05, 4.69) is 26.5 Å². The van der Waals surface area contributed by atoms with Crippen LogP contribution in [0, 0.1) is 0 Å². The van der Waals surface area contributed by atoms with Crippen molar-refractivity contribution in [2.45, 2.75) is 0 Å². The maximum Gasteiger partial charge on any atom is 0.271 e. The normalized spacial score (nSPS) is 10.6. The zero-order valence-electron chi connectivity index (χ0n) is 11.9. The zero-order chi connectivity index (χ0) is 15.2. The molecule has 21 heavy (non-hydrogen) atoms. The van der Waals surface area contributed by atoms with Crippen LogP contribution in [0.4, 0.5) is 5.69 Å². The molecule has 0 saturated heterocycles. The van der Waals surface area contributed by atoms with Crippen molar-refractivity contribution in [2.75, 3.05) is 19.0 Å². The van der Waals surface area contributed by atoms with E-state index in [1.165, 1.54) is 0 Å². The molecular formula is C16H16BrN3O. The lowest BCUT2D eigenvalue weighted by atomic mass is 10.2. The number of anilines is 1. The molecule has 5 heteroatoms. The van der Waals surface area contributed by atoms with Crippen LogP contribution in [0.25, 0.3) is 0 Å². The molecule has 2 aromatic carbocycles. The number of hydrogen-bond donors (Lipinski definition) is 1. The van der Waals surface area contributed by atoms with E-state index in [9.17, 15) is 4.79 Å². The summed E-state index contributed by atoms with van der Waals surface area (Å²) in [7, 11) is 3.98. The van der Waals surface area contributed by atoms with Crippen molar-refractivity contribution in [3.63, 3.8) is 0 Å². The van der Waals surface area contributed by atoms with Crippen molar-refractivity contribution in [3.05, 3.63) is 64.1 Å². The van der Waals surface area contributed by atoms with Gasteiger partial charge in [-0.05, 0) is 42.0 Å². The molecule has 0 unspecified atom stereocenters. The Morgan fingerprint density at radius 1 is 1.10 bits per heavy atom. The molecule has 0 heterocycles. The molecule has 0 radical (unpaired) electrons. The van der Waals surface area contributed by atoms with Crippen LogP contribution >= 0.6 is 15.9 Å². The lowest BCUT2D eigenvalue weighted by molar-refractivity contribution is 0.0955. The second-order valence-corrected chi connectivity index (χ2v) is 5.61. The van der Waals surface area contributed by atoms with E-state index in [-0.39, 0.29) is 5.91 Å². The van der Waals surface area contributed by atoms with Crippen molar-refractivity contribution in [3.8, 4) is 0 Å². The highest BCUT2D eigenvalue weighted by Crippen LogP contribution is 2.11. The van der Waals surface area contributed by atoms with Gasteiger partial charge in [-0.2, -0.15) is 5.10 Å². The third kappa shape index (κ3) is 4.43. The first-order valence-corrected chi connectivity index (χ1v) is 7.22. The van der Waals surface area contributed by atoms with Crippen molar-refractivity contribution >= 4 is 33.7 Å². The van der Waals surface area contributed by atoms with E-state index in [1.54, 1.807) is 18.3 Å². The predicted molar refractivity (Wildman–Crippen MR) is 90.0 cm³/mol. The predicted octanol–water partition coefficient (Wildman–Crippen LogP) is 3.28. The maximum absolute atomic E-state index is 11.8. The lowest BCUT2D eigenvalue weighted by Crippen LogP contribution is -2.17. The van der Waals surface area contributed by atoms with Gasteiger partial charge in [0, 0.05) is 29.8 Å². The third-order valence-electron chi connectivity index (χ3n) is 2.90. The van der Waals surface area contributed by atoms with E-state index in [0.717, 1.165) is 15.7 Å². The summed E-state index contributed by atoms with van der Waals surface area (Å²) in [6.45, 7) is 0. The molecule has 0 bridgehead atoms. The van der Waals surface area contributed by atoms with E-state index < -0.39 is 0 Å². The highest BCUT2D eigenvalue weighted by molar-refractivity contribution is 9.10. The van der Waals surface area contributed by atoms with Gasteiger partial charge in [0.1, 0.15) is 0 Å². The van der Waals surface area contributed by atoms with Crippen LogP contribution in [0.1, 0.15) is 15.9 Å². The average molecular weight is 346 g/mol. The van der Waals surface area contributed by atoms with E-state index in [1.807, 2.05) is 55.4 Å².